The molecule has 0 bridgehead atoms. The number of fused-ring (bicyclic) bond motifs is 1. The summed E-state index contributed by atoms with van der Waals surface area (Å²) in [6.45, 7) is 0.884. The van der Waals surface area contributed by atoms with E-state index in [-0.39, 0.29) is 6.54 Å². The summed E-state index contributed by atoms with van der Waals surface area (Å²) in [6, 6.07) is 1.92. The van der Waals surface area contributed by atoms with Gasteiger partial charge in [0.2, 0.25) is 0 Å². The highest BCUT2D eigenvalue weighted by Crippen LogP contribution is 2.30. The number of aliphatic carboxylic acids is 1. The zero-order chi connectivity index (χ0) is 13.4. The Hall–Kier alpha value is -1.73. The molecule has 6 nitrogen and oxygen atoms in total. The van der Waals surface area contributed by atoms with Crippen molar-refractivity contribution >= 4 is 33.3 Å². The minimum Gasteiger partial charge on any atom is -0.481 e. The second kappa shape index (κ2) is 4.75. The van der Waals surface area contributed by atoms with Gasteiger partial charge in [-0.25, -0.2) is 9.97 Å². The fraction of sp³-hybridized carbons (Fsp3) is 0.417. The van der Waals surface area contributed by atoms with Crippen LogP contribution < -0.4 is 4.90 Å². The first-order valence-electron chi connectivity index (χ1n) is 6.01. The molecule has 3 heterocycles. The lowest BCUT2D eigenvalue weighted by Crippen LogP contribution is -2.46. The number of nitrogens with zero attached hydrogens (tertiary/aromatic N) is 3. The molecule has 1 aliphatic rings. The van der Waals surface area contributed by atoms with Crippen LogP contribution >= 0.6 is 11.3 Å². The van der Waals surface area contributed by atoms with Crippen molar-refractivity contribution in [3.63, 3.8) is 0 Å². The molecule has 0 aromatic carbocycles. The monoisotopic (exact) mass is 279 g/mol. The second-order valence-corrected chi connectivity index (χ2v) is 5.50. The van der Waals surface area contributed by atoms with E-state index < -0.39 is 18.0 Å². The first-order chi connectivity index (χ1) is 9.16. The predicted octanol–water partition coefficient (Wildman–Crippen LogP) is 0.963. The van der Waals surface area contributed by atoms with Crippen LogP contribution in [0.2, 0.25) is 0 Å². The van der Waals surface area contributed by atoms with Gasteiger partial charge in [-0.1, -0.05) is 0 Å². The van der Waals surface area contributed by atoms with Gasteiger partial charge in [0.15, 0.2) is 0 Å². The average molecular weight is 279 g/mol. The van der Waals surface area contributed by atoms with Crippen LogP contribution in [-0.2, 0) is 4.79 Å². The van der Waals surface area contributed by atoms with Gasteiger partial charge in [0.25, 0.3) is 0 Å². The largest absolute Gasteiger partial charge is 0.481 e. The van der Waals surface area contributed by atoms with Gasteiger partial charge in [-0.15, -0.1) is 11.3 Å². The summed E-state index contributed by atoms with van der Waals surface area (Å²) in [5.41, 5.74) is 0.869. The molecular weight excluding hydrogens is 266 g/mol. The van der Waals surface area contributed by atoms with Crippen LogP contribution in [0.3, 0.4) is 0 Å². The summed E-state index contributed by atoms with van der Waals surface area (Å²) in [7, 11) is 0. The van der Waals surface area contributed by atoms with E-state index in [1.165, 1.54) is 6.33 Å². The van der Waals surface area contributed by atoms with Crippen molar-refractivity contribution in [3.05, 3.63) is 17.8 Å². The molecule has 2 N–H and O–H groups in total. The smallest absolute Gasteiger partial charge is 0.310 e. The molecule has 0 radical (unpaired) electrons. The molecule has 100 valence electrons. The normalized spacial score (nSPS) is 23.7. The van der Waals surface area contributed by atoms with Gasteiger partial charge in [0, 0.05) is 13.1 Å². The Kier molecular flexibility index (Phi) is 3.08. The number of hydrogen-bond donors (Lipinski definition) is 2. The highest BCUT2D eigenvalue weighted by atomic mass is 32.1. The van der Waals surface area contributed by atoms with Crippen LogP contribution in [0.15, 0.2) is 17.8 Å². The third kappa shape index (κ3) is 2.15. The molecule has 2 atom stereocenters. The number of carbonyl (C=O) groups is 1. The zero-order valence-electron chi connectivity index (χ0n) is 10.1. The van der Waals surface area contributed by atoms with Crippen LogP contribution in [0.25, 0.3) is 10.2 Å². The lowest BCUT2D eigenvalue weighted by Gasteiger charge is -2.34. The summed E-state index contributed by atoms with van der Waals surface area (Å²) in [5, 5.41) is 20.8. The predicted molar refractivity (Wildman–Crippen MR) is 71.4 cm³/mol. The van der Waals surface area contributed by atoms with Gasteiger partial charge < -0.3 is 15.1 Å². The second-order valence-electron chi connectivity index (χ2n) is 4.58. The van der Waals surface area contributed by atoms with E-state index in [1.807, 2.05) is 16.3 Å². The van der Waals surface area contributed by atoms with Crippen LogP contribution in [0, 0.1) is 5.92 Å². The van der Waals surface area contributed by atoms with Gasteiger partial charge in [-0.2, -0.15) is 0 Å². The van der Waals surface area contributed by atoms with Gasteiger partial charge in [-0.05, 0) is 17.9 Å². The first-order valence-corrected chi connectivity index (χ1v) is 6.89. The summed E-state index contributed by atoms with van der Waals surface area (Å²) in [4.78, 5) is 21.5. The van der Waals surface area contributed by atoms with Crippen LogP contribution in [0.4, 0.5) is 5.82 Å². The highest BCUT2D eigenvalue weighted by Gasteiger charge is 2.34. The number of carboxylic acids is 1. The topological polar surface area (TPSA) is 86.5 Å². The number of aliphatic hydroxyl groups is 1. The molecule has 0 aliphatic carbocycles. The minimum absolute atomic E-state index is 0.278. The first kappa shape index (κ1) is 12.3. The van der Waals surface area contributed by atoms with Crippen LogP contribution in [0.1, 0.15) is 6.42 Å². The quantitative estimate of drug-likeness (QED) is 0.851. The van der Waals surface area contributed by atoms with E-state index in [2.05, 4.69) is 9.97 Å². The summed E-state index contributed by atoms with van der Waals surface area (Å²) in [5.74, 6) is -0.967. The Morgan fingerprint density at radius 3 is 3.11 bits per heavy atom. The number of carboxylic acid groups (broad SMARTS) is 1. The van der Waals surface area contributed by atoms with Crippen molar-refractivity contribution in [2.45, 2.75) is 12.5 Å². The number of piperidine rings is 1. The molecule has 19 heavy (non-hydrogen) atoms. The van der Waals surface area contributed by atoms with Crippen LogP contribution in [-0.4, -0.2) is 45.3 Å². The van der Waals surface area contributed by atoms with E-state index in [9.17, 15) is 9.90 Å². The van der Waals surface area contributed by atoms with E-state index >= 15 is 0 Å². The van der Waals surface area contributed by atoms with Gasteiger partial charge in [0.1, 0.15) is 18.1 Å². The van der Waals surface area contributed by atoms with Gasteiger partial charge in [-0.3, -0.25) is 4.79 Å². The molecule has 7 heteroatoms. The fourth-order valence-corrected chi connectivity index (χ4v) is 3.24. The molecule has 1 fully saturated rings. The summed E-state index contributed by atoms with van der Waals surface area (Å²) < 4.78 is 0.961. The minimum atomic E-state index is -0.964. The maximum absolute atomic E-state index is 11.1. The van der Waals surface area contributed by atoms with Crippen LogP contribution in [0.5, 0.6) is 0 Å². The Morgan fingerprint density at radius 1 is 1.47 bits per heavy atom. The maximum Gasteiger partial charge on any atom is 0.310 e. The molecule has 2 aromatic heterocycles. The van der Waals surface area contributed by atoms with Crippen molar-refractivity contribution in [3.8, 4) is 0 Å². The standard InChI is InChI=1S/C12H13N3O3S/c16-9-1-3-15(5-7(9)12(17)18)11-10-8(2-4-19-10)13-6-14-11/h2,4,6-7,9,16H,1,3,5H2,(H,17,18)/t7-,9+/m1/s1. The number of thiophene rings is 1. The van der Waals surface area contributed by atoms with E-state index in [1.54, 1.807) is 11.3 Å². The lowest BCUT2D eigenvalue weighted by atomic mass is 9.95. The van der Waals surface area contributed by atoms with Crippen molar-refractivity contribution in [2.24, 2.45) is 5.92 Å². The molecule has 3 rings (SSSR count). The Labute approximate surface area is 113 Å². The fourth-order valence-electron chi connectivity index (χ4n) is 2.38. The number of anilines is 1. The van der Waals surface area contributed by atoms with Gasteiger partial charge in [0.05, 0.1) is 16.3 Å². The summed E-state index contributed by atoms with van der Waals surface area (Å²) in [6.07, 6.45) is 1.15. The average Bonchev–Trinajstić information content (AvgIpc) is 2.87. The molecule has 1 aliphatic heterocycles. The molecule has 0 saturated carbocycles. The number of aromatic nitrogens is 2. The van der Waals surface area contributed by atoms with E-state index in [4.69, 9.17) is 5.11 Å². The number of hydrogen-bond acceptors (Lipinski definition) is 6. The Morgan fingerprint density at radius 2 is 2.32 bits per heavy atom. The Balaban J connectivity index is 1.94. The Bertz CT molecular complexity index is 615. The van der Waals surface area contributed by atoms with E-state index in [0.717, 1.165) is 16.0 Å². The molecular formula is C12H13N3O3S. The van der Waals surface area contributed by atoms with Gasteiger partial charge >= 0.3 is 5.97 Å². The lowest BCUT2D eigenvalue weighted by molar-refractivity contribution is -0.146. The highest BCUT2D eigenvalue weighted by molar-refractivity contribution is 7.17. The third-order valence-corrected chi connectivity index (χ3v) is 4.32. The summed E-state index contributed by atoms with van der Waals surface area (Å²) >= 11 is 1.54. The maximum atomic E-state index is 11.1. The molecule has 0 unspecified atom stereocenters. The van der Waals surface area contributed by atoms with Crippen molar-refractivity contribution in [1.82, 2.24) is 9.97 Å². The molecule has 2 aromatic rings. The SMILES string of the molecule is O=C(O)[C@@H]1CN(c2ncnc3ccsc23)CC[C@@H]1O. The third-order valence-electron chi connectivity index (χ3n) is 3.42. The molecule has 0 spiro atoms. The zero-order valence-corrected chi connectivity index (χ0v) is 10.9. The number of rotatable bonds is 2. The number of aliphatic hydroxyl groups excluding tert-OH is 1. The van der Waals surface area contributed by atoms with E-state index in [0.29, 0.717) is 13.0 Å². The molecule has 1 saturated heterocycles. The van der Waals surface area contributed by atoms with Crippen molar-refractivity contribution in [1.29, 1.82) is 0 Å². The van der Waals surface area contributed by atoms with Crippen molar-refractivity contribution < 1.29 is 15.0 Å². The van der Waals surface area contributed by atoms with Crippen molar-refractivity contribution in [2.75, 3.05) is 18.0 Å². The molecule has 0 amide bonds.